The largest absolute Gasteiger partial charge is 0.416 e. The van der Waals surface area contributed by atoms with E-state index in [1.54, 1.807) is 0 Å². The number of halogens is 3. The molecule has 2 nitrogen and oxygen atoms in total. The third-order valence-electron chi connectivity index (χ3n) is 2.87. The predicted molar refractivity (Wildman–Crippen MR) is 70.8 cm³/mol. The highest BCUT2D eigenvalue weighted by molar-refractivity contribution is 5.78. The lowest BCUT2D eigenvalue weighted by molar-refractivity contribution is -0.137. The molecule has 0 saturated carbocycles. The van der Waals surface area contributed by atoms with Gasteiger partial charge in [0.1, 0.15) is 0 Å². The summed E-state index contributed by atoms with van der Waals surface area (Å²) in [4.78, 5) is 11.7. The Kier molecular flexibility index (Phi) is 5.63. The van der Waals surface area contributed by atoms with Crippen molar-refractivity contribution in [2.24, 2.45) is 0 Å². The molecule has 1 atom stereocenters. The van der Waals surface area contributed by atoms with Crippen LogP contribution in [-0.2, 0) is 17.4 Å². The van der Waals surface area contributed by atoms with Crippen LogP contribution in [0.15, 0.2) is 24.3 Å². The Bertz CT molecular complexity index is 485. The van der Waals surface area contributed by atoms with Crippen molar-refractivity contribution in [1.82, 2.24) is 5.32 Å². The Morgan fingerprint density at radius 3 is 2.40 bits per heavy atom. The molecule has 0 radical (unpaired) electrons. The molecule has 0 aliphatic rings. The zero-order valence-electron chi connectivity index (χ0n) is 11.1. The number of nitrogens with one attached hydrogen (secondary N) is 1. The molecule has 108 valence electrons. The molecular formula is C15H16F3NO. The molecule has 0 spiro atoms. The zero-order valence-corrected chi connectivity index (χ0v) is 11.1. The van der Waals surface area contributed by atoms with Crippen LogP contribution in [-0.4, -0.2) is 11.9 Å². The molecular weight excluding hydrogens is 267 g/mol. The van der Waals surface area contributed by atoms with Crippen LogP contribution in [0, 0.1) is 12.3 Å². The van der Waals surface area contributed by atoms with Gasteiger partial charge in [-0.15, -0.1) is 12.3 Å². The van der Waals surface area contributed by atoms with E-state index in [4.69, 9.17) is 6.42 Å². The molecule has 1 aromatic rings. The molecule has 1 amide bonds. The van der Waals surface area contributed by atoms with Gasteiger partial charge in [-0.3, -0.25) is 4.79 Å². The minimum atomic E-state index is -4.36. The normalized spacial score (nSPS) is 12.6. The molecule has 0 aliphatic heterocycles. The van der Waals surface area contributed by atoms with E-state index in [0.717, 1.165) is 12.1 Å². The molecule has 5 heteroatoms. The summed E-state index contributed by atoms with van der Waals surface area (Å²) >= 11 is 0. The van der Waals surface area contributed by atoms with Crippen LogP contribution in [0.2, 0.25) is 0 Å². The molecule has 0 aromatic heterocycles. The van der Waals surface area contributed by atoms with Gasteiger partial charge in [-0.1, -0.05) is 19.1 Å². The second kappa shape index (κ2) is 6.99. The van der Waals surface area contributed by atoms with E-state index in [9.17, 15) is 18.0 Å². The first kappa shape index (κ1) is 16.1. The van der Waals surface area contributed by atoms with Crippen molar-refractivity contribution in [3.05, 3.63) is 35.4 Å². The number of carbonyl (C=O) groups excluding carboxylic acids is 1. The van der Waals surface area contributed by atoms with E-state index < -0.39 is 11.7 Å². The van der Waals surface area contributed by atoms with E-state index in [-0.39, 0.29) is 18.4 Å². The number of hydrogen-bond acceptors (Lipinski definition) is 1. The van der Waals surface area contributed by atoms with Crippen molar-refractivity contribution in [2.45, 2.75) is 38.4 Å². The quantitative estimate of drug-likeness (QED) is 0.826. The second-order valence-electron chi connectivity index (χ2n) is 4.45. The fourth-order valence-corrected chi connectivity index (χ4v) is 1.72. The van der Waals surface area contributed by atoms with Crippen LogP contribution in [0.1, 0.15) is 30.9 Å². The van der Waals surface area contributed by atoms with Gasteiger partial charge in [0.05, 0.1) is 12.0 Å². The average Bonchev–Trinajstić information content (AvgIpc) is 2.37. The van der Waals surface area contributed by atoms with Gasteiger partial charge in [0.2, 0.25) is 5.91 Å². The number of carbonyl (C=O) groups is 1. The Morgan fingerprint density at radius 2 is 1.95 bits per heavy atom. The summed E-state index contributed by atoms with van der Waals surface area (Å²) in [7, 11) is 0. The van der Waals surface area contributed by atoms with Crippen LogP contribution in [0.25, 0.3) is 0 Å². The molecule has 1 aromatic carbocycles. The van der Waals surface area contributed by atoms with Crippen LogP contribution < -0.4 is 5.32 Å². The van der Waals surface area contributed by atoms with E-state index in [1.165, 1.54) is 12.1 Å². The predicted octanol–water partition coefficient (Wildman–Crippen LogP) is 3.17. The van der Waals surface area contributed by atoms with E-state index in [2.05, 4.69) is 11.2 Å². The SMILES string of the molecule is C#CCC(CC)NC(=O)Cc1ccc(C(F)(F)F)cc1. The summed E-state index contributed by atoms with van der Waals surface area (Å²) in [6, 6.07) is 4.47. The molecule has 1 rings (SSSR count). The van der Waals surface area contributed by atoms with Gasteiger partial charge >= 0.3 is 6.18 Å². The molecule has 1 N–H and O–H groups in total. The lowest BCUT2D eigenvalue weighted by atomic mass is 10.1. The first-order valence-electron chi connectivity index (χ1n) is 6.25. The van der Waals surface area contributed by atoms with Gasteiger partial charge < -0.3 is 5.32 Å². The minimum Gasteiger partial charge on any atom is -0.352 e. The van der Waals surface area contributed by atoms with Gasteiger partial charge in [-0.05, 0) is 24.1 Å². The van der Waals surface area contributed by atoms with Crippen LogP contribution >= 0.6 is 0 Å². The summed E-state index contributed by atoms with van der Waals surface area (Å²) in [5, 5.41) is 2.76. The van der Waals surface area contributed by atoms with Crippen LogP contribution in [0.5, 0.6) is 0 Å². The molecule has 20 heavy (non-hydrogen) atoms. The molecule has 0 fully saturated rings. The molecule has 1 unspecified atom stereocenters. The lowest BCUT2D eigenvalue weighted by Gasteiger charge is -2.14. The van der Waals surface area contributed by atoms with Crippen molar-refractivity contribution in [2.75, 3.05) is 0 Å². The standard InChI is InChI=1S/C15H16F3NO/c1-3-5-13(4-2)19-14(20)10-11-6-8-12(9-7-11)15(16,17)18/h1,6-9,13H,4-5,10H2,2H3,(H,19,20). The van der Waals surface area contributed by atoms with Crippen molar-refractivity contribution in [3.8, 4) is 12.3 Å². The van der Waals surface area contributed by atoms with Gasteiger partial charge in [-0.2, -0.15) is 13.2 Å². The van der Waals surface area contributed by atoms with E-state index in [0.29, 0.717) is 18.4 Å². The third-order valence-corrected chi connectivity index (χ3v) is 2.87. The minimum absolute atomic E-state index is 0.0409. The van der Waals surface area contributed by atoms with Crippen molar-refractivity contribution >= 4 is 5.91 Å². The first-order valence-corrected chi connectivity index (χ1v) is 6.25. The third kappa shape index (κ3) is 4.96. The maximum atomic E-state index is 12.4. The fraction of sp³-hybridized carbons (Fsp3) is 0.400. The monoisotopic (exact) mass is 283 g/mol. The van der Waals surface area contributed by atoms with Crippen LogP contribution in [0.4, 0.5) is 13.2 Å². The maximum Gasteiger partial charge on any atom is 0.416 e. The Hall–Kier alpha value is -1.96. The van der Waals surface area contributed by atoms with Crippen molar-refractivity contribution in [3.63, 3.8) is 0 Å². The molecule has 0 heterocycles. The number of hydrogen-bond donors (Lipinski definition) is 1. The maximum absolute atomic E-state index is 12.4. The summed E-state index contributed by atoms with van der Waals surface area (Å²) in [5.41, 5.74) is -0.188. The smallest absolute Gasteiger partial charge is 0.352 e. The highest BCUT2D eigenvalue weighted by Crippen LogP contribution is 2.29. The van der Waals surface area contributed by atoms with E-state index in [1.807, 2.05) is 6.92 Å². The van der Waals surface area contributed by atoms with Crippen molar-refractivity contribution < 1.29 is 18.0 Å². The summed E-state index contributed by atoms with van der Waals surface area (Å²) < 4.78 is 37.2. The highest BCUT2D eigenvalue weighted by atomic mass is 19.4. The van der Waals surface area contributed by atoms with Crippen LogP contribution in [0.3, 0.4) is 0 Å². The number of rotatable bonds is 5. The molecule has 0 saturated heterocycles. The molecule has 0 bridgehead atoms. The zero-order chi connectivity index (χ0) is 15.2. The average molecular weight is 283 g/mol. The fourth-order valence-electron chi connectivity index (χ4n) is 1.72. The first-order chi connectivity index (χ1) is 9.36. The van der Waals surface area contributed by atoms with Gasteiger partial charge in [0.15, 0.2) is 0 Å². The van der Waals surface area contributed by atoms with Crippen molar-refractivity contribution in [1.29, 1.82) is 0 Å². The number of benzene rings is 1. The molecule has 0 aliphatic carbocycles. The lowest BCUT2D eigenvalue weighted by Crippen LogP contribution is -2.35. The number of terminal acetylenes is 1. The summed E-state index contributed by atoms with van der Waals surface area (Å²) in [6.45, 7) is 1.90. The highest BCUT2D eigenvalue weighted by Gasteiger charge is 2.29. The van der Waals surface area contributed by atoms with Gasteiger partial charge in [-0.25, -0.2) is 0 Å². The van der Waals surface area contributed by atoms with Gasteiger partial charge in [0, 0.05) is 12.5 Å². The summed E-state index contributed by atoms with van der Waals surface area (Å²) in [5.74, 6) is 2.23. The van der Waals surface area contributed by atoms with E-state index >= 15 is 0 Å². The Balaban J connectivity index is 2.61. The Morgan fingerprint density at radius 1 is 1.35 bits per heavy atom. The van der Waals surface area contributed by atoms with Gasteiger partial charge in [0.25, 0.3) is 0 Å². The Labute approximate surface area is 116 Å². The summed E-state index contributed by atoms with van der Waals surface area (Å²) in [6.07, 6.45) is 2.01. The topological polar surface area (TPSA) is 29.1 Å². The second-order valence-corrected chi connectivity index (χ2v) is 4.45. The number of alkyl halides is 3. The number of amides is 1.